The zero-order chi connectivity index (χ0) is 14.5. The number of carboxylic acid groups (broad SMARTS) is 1. The highest BCUT2D eigenvalue weighted by Crippen LogP contribution is 2.19. The molecule has 2 rings (SSSR count). The molecule has 2 amide bonds. The highest BCUT2D eigenvalue weighted by atomic mass is 32.1. The van der Waals surface area contributed by atoms with Crippen molar-refractivity contribution >= 4 is 23.3 Å². The summed E-state index contributed by atoms with van der Waals surface area (Å²) < 4.78 is 0. The quantitative estimate of drug-likeness (QED) is 0.932. The van der Waals surface area contributed by atoms with Crippen LogP contribution >= 0.6 is 11.3 Å². The van der Waals surface area contributed by atoms with Gasteiger partial charge in [0.2, 0.25) is 0 Å². The minimum atomic E-state index is -0.899. The van der Waals surface area contributed by atoms with Crippen molar-refractivity contribution in [2.24, 2.45) is 0 Å². The van der Waals surface area contributed by atoms with Crippen molar-refractivity contribution in [2.45, 2.75) is 38.3 Å². The van der Waals surface area contributed by atoms with E-state index in [0.29, 0.717) is 19.5 Å². The molecule has 1 aliphatic rings. The summed E-state index contributed by atoms with van der Waals surface area (Å²) in [6.07, 6.45) is 3.28. The largest absolute Gasteiger partial charge is 0.480 e. The molecule has 1 fully saturated rings. The van der Waals surface area contributed by atoms with Crippen LogP contribution in [0.5, 0.6) is 0 Å². The van der Waals surface area contributed by atoms with Crippen LogP contribution in [0.25, 0.3) is 0 Å². The third-order valence-electron chi connectivity index (χ3n) is 3.61. The lowest BCUT2D eigenvalue weighted by atomic mass is 10.1. The average molecular weight is 296 g/mol. The molecular weight excluding hydrogens is 276 g/mol. The first-order chi connectivity index (χ1) is 9.59. The lowest BCUT2D eigenvalue weighted by Gasteiger charge is -2.31. The Morgan fingerprint density at radius 1 is 1.45 bits per heavy atom. The Labute approximate surface area is 122 Å². The Balaban J connectivity index is 2.05. The molecule has 0 bridgehead atoms. The van der Waals surface area contributed by atoms with Gasteiger partial charge in [0.1, 0.15) is 6.04 Å². The van der Waals surface area contributed by atoms with Crippen LogP contribution in [0.1, 0.15) is 31.2 Å². The molecule has 0 radical (unpaired) electrons. The highest BCUT2D eigenvalue weighted by molar-refractivity contribution is 7.07. The lowest BCUT2D eigenvalue weighted by molar-refractivity contribution is -0.142. The normalized spacial score (nSPS) is 19.4. The second-order valence-corrected chi connectivity index (χ2v) is 5.95. The van der Waals surface area contributed by atoms with Gasteiger partial charge in [0.15, 0.2) is 0 Å². The second-order valence-electron chi connectivity index (χ2n) is 5.17. The van der Waals surface area contributed by atoms with E-state index in [0.717, 1.165) is 24.8 Å². The van der Waals surface area contributed by atoms with Gasteiger partial charge in [-0.25, -0.2) is 9.59 Å². The number of carbonyl (C=O) groups is 2. The van der Waals surface area contributed by atoms with Crippen LogP contribution < -0.4 is 0 Å². The summed E-state index contributed by atoms with van der Waals surface area (Å²) in [6.45, 7) is 1.05. The summed E-state index contributed by atoms with van der Waals surface area (Å²) in [5, 5.41) is 13.3. The number of nitrogens with zero attached hydrogens (tertiary/aromatic N) is 2. The Kier molecular flexibility index (Phi) is 5.00. The minimum Gasteiger partial charge on any atom is -0.480 e. The monoisotopic (exact) mass is 296 g/mol. The van der Waals surface area contributed by atoms with Gasteiger partial charge in [-0.05, 0) is 35.2 Å². The van der Waals surface area contributed by atoms with Gasteiger partial charge in [-0.15, -0.1) is 0 Å². The molecule has 1 aromatic heterocycles. The SMILES string of the molecule is CN(Cc1ccsc1)C(=O)N1CCCCCC1C(=O)O. The third-order valence-corrected chi connectivity index (χ3v) is 4.34. The van der Waals surface area contributed by atoms with Gasteiger partial charge < -0.3 is 14.9 Å². The molecule has 0 spiro atoms. The molecule has 0 aliphatic carbocycles. The highest BCUT2D eigenvalue weighted by Gasteiger charge is 2.32. The fourth-order valence-corrected chi connectivity index (χ4v) is 3.20. The van der Waals surface area contributed by atoms with Gasteiger partial charge in [0.25, 0.3) is 0 Å². The Bertz CT molecular complexity index is 461. The van der Waals surface area contributed by atoms with Crippen LogP contribution in [0.4, 0.5) is 4.79 Å². The first-order valence-corrected chi connectivity index (χ1v) is 7.79. The van der Waals surface area contributed by atoms with E-state index in [1.165, 1.54) is 4.90 Å². The first-order valence-electron chi connectivity index (χ1n) is 6.85. The summed E-state index contributed by atoms with van der Waals surface area (Å²) in [5.41, 5.74) is 1.08. The maximum absolute atomic E-state index is 12.5. The number of aliphatic carboxylic acids is 1. The van der Waals surface area contributed by atoms with Crippen LogP contribution in [0.15, 0.2) is 16.8 Å². The minimum absolute atomic E-state index is 0.189. The average Bonchev–Trinajstić information content (AvgIpc) is 2.79. The molecular formula is C14H20N2O3S. The number of amides is 2. The predicted molar refractivity (Wildman–Crippen MR) is 77.8 cm³/mol. The summed E-state index contributed by atoms with van der Waals surface area (Å²) in [7, 11) is 1.73. The first kappa shape index (κ1) is 14.8. The topological polar surface area (TPSA) is 60.9 Å². The van der Waals surface area contributed by atoms with E-state index in [2.05, 4.69) is 0 Å². The summed E-state index contributed by atoms with van der Waals surface area (Å²) in [4.78, 5) is 27.0. The van der Waals surface area contributed by atoms with Gasteiger partial charge in [0.05, 0.1) is 0 Å². The molecule has 1 atom stereocenters. The zero-order valence-corrected chi connectivity index (χ0v) is 12.4. The zero-order valence-electron chi connectivity index (χ0n) is 11.6. The van der Waals surface area contributed by atoms with Crippen LogP contribution in [-0.2, 0) is 11.3 Å². The third kappa shape index (κ3) is 3.50. The van der Waals surface area contributed by atoms with E-state index in [1.54, 1.807) is 23.3 Å². The van der Waals surface area contributed by atoms with Crippen molar-refractivity contribution in [1.29, 1.82) is 0 Å². The maximum Gasteiger partial charge on any atom is 0.326 e. The molecule has 1 N–H and O–H groups in total. The molecule has 1 aliphatic heterocycles. The fourth-order valence-electron chi connectivity index (χ4n) is 2.54. The molecule has 6 heteroatoms. The van der Waals surface area contributed by atoms with Crippen molar-refractivity contribution < 1.29 is 14.7 Å². The van der Waals surface area contributed by atoms with E-state index < -0.39 is 12.0 Å². The second kappa shape index (κ2) is 6.74. The van der Waals surface area contributed by atoms with Crippen LogP contribution in [0.2, 0.25) is 0 Å². The Morgan fingerprint density at radius 3 is 2.90 bits per heavy atom. The fraction of sp³-hybridized carbons (Fsp3) is 0.571. The van der Waals surface area contributed by atoms with Gasteiger partial charge in [-0.3, -0.25) is 0 Å². The van der Waals surface area contributed by atoms with E-state index in [4.69, 9.17) is 0 Å². The summed E-state index contributed by atoms with van der Waals surface area (Å²) in [6, 6.07) is 1.10. The molecule has 110 valence electrons. The maximum atomic E-state index is 12.5. The van der Waals surface area contributed by atoms with Crippen molar-refractivity contribution in [3.63, 3.8) is 0 Å². The Morgan fingerprint density at radius 2 is 2.25 bits per heavy atom. The number of hydrogen-bond acceptors (Lipinski definition) is 3. The molecule has 1 aromatic rings. The van der Waals surface area contributed by atoms with E-state index in [9.17, 15) is 14.7 Å². The van der Waals surface area contributed by atoms with Gasteiger partial charge in [-0.1, -0.05) is 12.8 Å². The molecule has 20 heavy (non-hydrogen) atoms. The molecule has 1 saturated heterocycles. The number of carbonyl (C=O) groups excluding carboxylic acids is 1. The van der Waals surface area contributed by atoms with Gasteiger partial charge in [0, 0.05) is 20.1 Å². The van der Waals surface area contributed by atoms with Crippen LogP contribution in [0.3, 0.4) is 0 Å². The summed E-state index contributed by atoms with van der Waals surface area (Å²) in [5.74, 6) is -0.899. The molecule has 2 heterocycles. The summed E-state index contributed by atoms with van der Waals surface area (Å²) >= 11 is 1.59. The van der Waals surface area contributed by atoms with Crippen LogP contribution in [0, 0.1) is 0 Å². The Hall–Kier alpha value is -1.56. The van der Waals surface area contributed by atoms with Crippen molar-refractivity contribution in [1.82, 2.24) is 9.80 Å². The number of carboxylic acids is 1. The molecule has 0 saturated carbocycles. The number of thiophene rings is 1. The molecule has 5 nitrogen and oxygen atoms in total. The van der Waals surface area contributed by atoms with E-state index in [-0.39, 0.29) is 6.03 Å². The number of likely N-dealkylation sites (tertiary alicyclic amines) is 1. The predicted octanol–water partition coefficient (Wildman–Crippen LogP) is 2.63. The number of rotatable bonds is 3. The van der Waals surface area contributed by atoms with E-state index in [1.807, 2.05) is 16.8 Å². The molecule has 1 unspecified atom stereocenters. The smallest absolute Gasteiger partial charge is 0.326 e. The van der Waals surface area contributed by atoms with Crippen LogP contribution in [-0.4, -0.2) is 46.5 Å². The van der Waals surface area contributed by atoms with Crippen molar-refractivity contribution in [3.05, 3.63) is 22.4 Å². The standard InChI is InChI=1S/C14H20N2O3S/c1-15(9-11-6-8-20-10-11)14(19)16-7-4-2-3-5-12(16)13(17)18/h6,8,10,12H,2-5,7,9H2,1H3,(H,17,18). The lowest BCUT2D eigenvalue weighted by Crippen LogP contribution is -2.49. The number of hydrogen-bond donors (Lipinski definition) is 1. The van der Waals surface area contributed by atoms with Gasteiger partial charge >= 0.3 is 12.0 Å². The van der Waals surface area contributed by atoms with Gasteiger partial charge in [-0.2, -0.15) is 11.3 Å². The van der Waals surface area contributed by atoms with Crippen molar-refractivity contribution in [3.8, 4) is 0 Å². The van der Waals surface area contributed by atoms with Crippen molar-refractivity contribution in [2.75, 3.05) is 13.6 Å². The molecule has 0 aromatic carbocycles. The van der Waals surface area contributed by atoms with E-state index >= 15 is 0 Å². The number of urea groups is 1.